The molecule has 1 unspecified atom stereocenters. The van der Waals surface area contributed by atoms with Gasteiger partial charge in [0.15, 0.2) is 0 Å². The second-order valence-electron chi connectivity index (χ2n) is 2.43. The molecule has 1 heterocycles. The predicted molar refractivity (Wildman–Crippen MR) is 39.8 cm³/mol. The molecule has 1 aliphatic rings. The zero-order chi connectivity index (χ0) is 7.78. The minimum absolute atomic E-state index is 0.162. The Hall–Kier alpha value is -0.510. The molecule has 1 rings (SSSR count). The van der Waals surface area contributed by atoms with Crippen molar-refractivity contribution in [2.45, 2.75) is 25.0 Å². The largest absolute Gasteiger partial charge is 0.286 e. The molecular weight excluding hydrogens is 150 g/mol. The highest BCUT2D eigenvalue weighted by molar-refractivity contribution is 8.16. The maximum absolute atomic E-state index is 11.0. The van der Waals surface area contributed by atoms with Crippen molar-refractivity contribution in [3.8, 4) is 0 Å². The molecule has 3 nitrogen and oxygen atoms in total. The molecule has 10 heavy (non-hydrogen) atoms. The Balaban J connectivity index is 2.80. The van der Waals surface area contributed by atoms with Gasteiger partial charge >= 0.3 is 0 Å². The highest BCUT2D eigenvalue weighted by Gasteiger charge is 2.41. The van der Waals surface area contributed by atoms with Gasteiger partial charge in [-0.2, -0.15) is 0 Å². The number of carbonyl (C=O) groups is 2. The Morgan fingerprint density at radius 3 is 2.40 bits per heavy atom. The molecule has 0 saturated carbocycles. The molecule has 0 aromatic heterocycles. The number of hydrogen-bond acceptors (Lipinski definition) is 3. The Morgan fingerprint density at radius 1 is 1.60 bits per heavy atom. The van der Waals surface area contributed by atoms with E-state index < -0.39 is 4.75 Å². The van der Waals surface area contributed by atoms with Gasteiger partial charge in [0, 0.05) is 0 Å². The second kappa shape index (κ2) is 2.27. The molecule has 0 aliphatic carbocycles. The lowest BCUT2D eigenvalue weighted by molar-refractivity contribution is -0.121. The van der Waals surface area contributed by atoms with E-state index in [0.717, 1.165) is 11.8 Å². The summed E-state index contributed by atoms with van der Waals surface area (Å²) in [6.45, 7) is 3.67. The van der Waals surface area contributed by atoms with Gasteiger partial charge in [0.2, 0.25) is 5.91 Å². The van der Waals surface area contributed by atoms with Crippen LogP contribution in [-0.2, 0) is 4.79 Å². The molecule has 1 atom stereocenters. The van der Waals surface area contributed by atoms with Gasteiger partial charge in [-0.05, 0) is 25.1 Å². The van der Waals surface area contributed by atoms with Crippen molar-refractivity contribution in [3.05, 3.63) is 0 Å². The lowest BCUT2D eigenvalue weighted by atomic mass is 10.1. The lowest BCUT2D eigenvalue weighted by Gasteiger charge is -2.13. The van der Waals surface area contributed by atoms with Gasteiger partial charge in [-0.3, -0.25) is 14.9 Å². The molecule has 2 amide bonds. The lowest BCUT2D eigenvalue weighted by Crippen LogP contribution is -2.32. The number of amides is 2. The molecule has 1 aliphatic heterocycles. The Bertz CT molecular complexity index is 192. The summed E-state index contributed by atoms with van der Waals surface area (Å²) < 4.78 is -0.517. The van der Waals surface area contributed by atoms with E-state index in [1.54, 1.807) is 6.92 Å². The molecule has 0 aromatic carbocycles. The summed E-state index contributed by atoms with van der Waals surface area (Å²) in [5, 5.41) is 2.02. The van der Waals surface area contributed by atoms with Gasteiger partial charge in [-0.25, -0.2) is 0 Å². The van der Waals surface area contributed by atoms with Gasteiger partial charge in [0.25, 0.3) is 5.24 Å². The Labute approximate surface area is 63.6 Å². The van der Waals surface area contributed by atoms with Crippen molar-refractivity contribution in [1.29, 1.82) is 0 Å². The summed E-state index contributed by atoms with van der Waals surface area (Å²) in [6.07, 6.45) is 0.690. The number of thioether (sulfide) groups is 1. The monoisotopic (exact) mass is 159 g/mol. The van der Waals surface area contributed by atoms with Gasteiger partial charge in [0.05, 0.1) is 0 Å². The standard InChI is InChI=1S/C6H9NO2S/c1-3-6(2)4(8)7-5(9)10-6/h3H2,1-2H3,(H,7,8,9). The van der Waals surface area contributed by atoms with E-state index in [4.69, 9.17) is 0 Å². The van der Waals surface area contributed by atoms with Crippen molar-refractivity contribution in [2.75, 3.05) is 0 Å². The van der Waals surface area contributed by atoms with Gasteiger partial charge < -0.3 is 0 Å². The summed E-state index contributed by atoms with van der Waals surface area (Å²) in [5.41, 5.74) is 0. The molecule has 1 N–H and O–H groups in total. The van der Waals surface area contributed by atoms with Crippen LogP contribution in [0.5, 0.6) is 0 Å². The highest BCUT2D eigenvalue weighted by Crippen LogP contribution is 2.33. The third-order valence-electron chi connectivity index (χ3n) is 1.69. The number of hydrogen-bond donors (Lipinski definition) is 1. The number of rotatable bonds is 1. The molecular formula is C6H9NO2S. The van der Waals surface area contributed by atoms with Crippen molar-refractivity contribution >= 4 is 22.9 Å². The van der Waals surface area contributed by atoms with Gasteiger partial charge in [-0.1, -0.05) is 6.92 Å². The van der Waals surface area contributed by atoms with Crippen LogP contribution in [0.15, 0.2) is 0 Å². The maximum Gasteiger partial charge on any atom is 0.286 e. The molecule has 0 radical (unpaired) electrons. The van der Waals surface area contributed by atoms with E-state index >= 15 is 0 Å². The van der Waals surface area contributed by atoms with Gasteiger partial charge in [-0.15, -0.1) is 0 Å². The summed E-state index contributed by atoms with van der Waals surface area (Å²) >= 11 is 1.08. The van der Waals surface area contributed by atoms with Crippen molar-refractivity contribution in [2.24, 2.45) is 0 Å². The van der Waals surface area contributed by atoms with Crippen LogP contribution in [0.2, 0.25) is 0 Å². The summed E-state index contributed by atoms with van der Waals surface area (Å²) in [7, 11) is 0. The zero-order valence-corrected chi connectivity index (χ0v) is 6.75. The summed E-state index contributed by atoms with van der Waals surface area (Å²) in [5.74, 6) is -0.162. The van der Waals surface area contributed by atoms with Crippen LogP contribution >= 0.6 is 11.8 Å². The van der Waals surface area contributed by atoms with Crippen LogP contribution < -0.4 is 5.32 Å². The Morgan fingerprint density at radius 2 is 2.20 bits per heavy atom. The average molecular weight is 159 g/mol. The van der Waals surface area contributed by atoms with Crippen LogP contribution in [0.4, 0.5) is 4.79 Å². The smallest absolute Gasteiger partial charge is 0.286 e. The second-order valence-corrected chi connectivity index (χ2v) is 3.90. The minimum atomic E-state index is -0.517. The van der Waals surface area contributed by atoms with Crippen molar-refractivity contribution < 1.29 is 9.59 Å². The topological polar surface area (TPSA) is 46.2 Å². The molecule has 0 spiro atoms. The van der Waals surface area contributed by atoms with E-state index in [2.05, 4.69) is 5.32 Å². The number of imide groups is 1. The van der Waals surface area contributed by atoms with Crippen LogP contribution in [0, 0.1) is 0 Å². The first kappa shape index (κ1) is 7.60. The molecule has 0 aromatic rings. The fourth-order valence-electron chi connectivity index (χ4n) is 0.734. The molecule has 1 fully saturated rings. The van der Waals surface area contributed by atoms with E-state index in [-0.39, 0.29) is 11.1 Å². The Kier molecular flexibility index (Phi) is 1.72. The first-order valence-corrected chi connectivity index (χ1v) is 3.94. The SMILES string of the molecule is CCC1(C)SC(=O)NC1=O. The van der Waals surface area contributed by atoms with E-state index in [1.807, 2.05) is 6.92 Å². The fraction of sp³-hybridized carbons (Fsp3) is 0.667. The third-order valence-corrected chi connectivity index (χ3v) is 2.90. The van der Waals surface area contributed by atoms with E-state index in [1.165, 1.54) is 0 Å². The molecule has 4 heteroatoms. The van der Waals surface area contributed by atoms with Crippen LogP contribution in [0.25, 0.3) is 0 Å². The third kappa shape index (κ3) is 1.03. The normalized spacial score (nSPS) is 32.6. The van der Waals surface area contributed by atoms with E-state index in [9.17, 15) is 9.59 Å². The number of carbonyl (C=O) groups excluding carboxylic acids is 2. The molecule has 1 saturated heterocycles. The first-order valence-electron chi connectivity index (χ1n) is 3.13. The van der Waals surface area contributed by atoms with Crippen molar-refractivity contribution in [3.63, 3.8) is 0 Å². The molecule has 0 bridgehead atoms. The van der Waals surface area contributed by atoms with Crippen LogP contribution in [0.1, 0.15) is 20.3 Å². The van der Waals surface area contributed by atoms with Crippen molar-refractivity contribution in [1.82, 2.24) is 5.32 Å². The van der Waals surface area contributed by atoms with Gasteiger partial charge in [0.1, 0.15) is 4.75 Å². The fourth-order valence-corrected chi connectivity index (χ4v) is 1.58. The number of nitrogens with one attached hydrogen (secondary N) is 1. The van der Waals surface area contributed by atoms with E-state index in [0.29, 0.717) is 6.42 Å². The highest BCUT2D eigenvalue weighted by atomic mass is 32.2. The maximum atomic E-state index is 11.0. The average Bonchev–Trinajstić information content (AvgIpc) is 2.09. The summed E-state index contributed by atoms with van der Waals surface area (Å²) in [4.78, 5) is 21.6. The minimum Gasteiger partial charge on any atom is -0.286 e. The zero-order valence-electron chi connectivity index (χ0n) is 5.93. The summed E-state index contributed by atoms with van der Waals surface area (Å²) in [6, 6.07) is 0. The quantitative estimate of drug-likeness (QED) is 0.624. The van der Waals surface area contributed by atoms with Crippen LogP contribution in [0.3, 0.4) is 0 Å². The molecule has 56 valence electrons. The first-order chi connectivity index (χ1) is 4.58. The van der Waals surface area contributed by atoms with Crippen LogP contribution in [-0.4, -0.2) is 15.9 Å². The predicted octanol–water partition coefficient (Wildman–Crippen LogP) is 1.14.